The van der Waals surface area contributed by atoms with Crippen molar-refractivity contribution in [3.63, 3.8) is 0 Å². The van der Waals surface area contributed by atoms with Crippen LogP contribution in [0.5, 0.6) is 0 Å². The fourth-order valence-electron chi connectivity index (χ4n) is 3.15. The maximum absolute atomic E-state index is 4.81. The first kappa shape index (κ1) is 18.3. The maximum Gasteiger partial charge on any atom is 0.157 e. The molecule has 0 unspecified atom stereocenters. The third-order valence-corrected chi connectivity index (χ3v) is 5.76. The van der Waals surface area contributed by atoms with Crippen LogP contribution in [0.4, 0.5) is 0 Å². The Morgan fingerprint density at radius 1 is 0.893 bits per heavy atom. The van der Waals surface area contributed by atoms with Crippen LogP contribution in [0, 0.1) is 0 Å². The second-order valence-electron chi connectivity index (χ2n) is 6.47. The lowest BCUT2D eigenvalue weighted by Gasteiger charge is -2.05. The Morgan fingerprint density at radius 3 is 2.43 bits per heavy atom. The Hall–Kier alpha value is -3.11. The van der Waals surface area contributed by atoms with Gasteiger partial charge in [-0.15, -0.1) is 11.3 Å². The highest BCUT2D eigenvalue weighted by Gasteiger charge is 2.09. The Morgan fingerprint density at radius 2 is 1.64 bits per heavy atom. The van der Waals surface area contributed by atoms with E-state index in [1.807, 2.05) is 25.1 Å². The molecule has 3 aromatic carbocycles. The molecule has 28 heavy (non-hydrogen) atoms. The molecule has 0 radical (unpaired) electrons. The number of rotatable bonds is 4. The summed E-state index contributed by atoms with van der Waals surface area (Å²) in [6.45, 7) is 6.25. The fourth-order valence-corrected chi connectivity index (χ4v) is 4.30. The predicted octanol–water partition coefficient (Wildman–Crippen LogP) is 6.51. The molecule has 138 valence electrons. The van der Waals surface area contributed by atoms with Gasteiger partial charge in [-0.3, -0.25) is 4.99 Å². The summed E-state index contributed by atoms with van der Waals surface area (Å²) in [4.78, 5) is 13.6. The number of fused-ring (bicyclic) bond motifs is 3. The van der Waals surface area contributed by atoms with E-state index in [0.717, 1.165) is 17.5 Å². The van der Waals surface area contributed by atoms with Gasteiger partial charge in [-0.1, -0.05) is 67.6 Å². The van der Waals surface area contributed by atoms with Gasteiger partial charge >= 0.3 is 0 Å². The van der Waals surface area contributed by atoms with E-state index in [9.17, 15) is 0 Å². The molecule has 0 aliphatic carbocycles. The molecule has 0 aliphatic heterocycles. The first-order valence-corrected chi connectivity index (χ1v) is 10.1. The van der Waals surface area contributed by atoms with Crippen LogP contribution in [0.1, 0.15) is 24.5 Å². The number of benzene rings is 3. The predicted molar refractivity (Wildman–Crippen MR) is 123 cm³/mol. The molecule has 0 amide bonds. The van der Waals surface area contributed by atoms with Crippen molar-refractivity contribution in [1.82, 2.24) is 0 Å². The lowest BCUT2D eigenvalue weighted by molar-refractivity contribution is 1.06. The highest BCUT2D eigenvalue weighted by molar-refractivity contribution is 7.25. The van der Waals surface area contributed by atoms with E-state index in [0.29, 0.717) is 18.2 Å². The lowest BCUT2D eigenvalue weighted by Crippen LogP contribution is -2.03. The van der Waals surface area contributed by atoms with Gasteiger partial charge in [0.25, 0.3) is 0 Å². The summed E-state index contributed by atoms with van der Waals surface area (Å²) in [5.41, 5.74) is 2.16. The van der Waals surface area contributed by atoms with Crippen LogP contribution in [0.2, 0.25) is 0 Å². The summed E-state index contributed by atoms with van der Waals surface area (Å²) in [5.74, 6) is 1.40. The SMILES string of the molecule is C=NC(CC)=NC(=NCc1ccccc1)c1ccc2c(c1)sc1ccccc12. The zero-order valence-electron chi connectivity index (χ0n) is 15.8. The largest absolute Gasteiger partial charge is 0.261 e. The molecule has 0 saturated carbocycles. The molecule has 0 fully saturated rings. The number of amidine groups is 2. The van der Waals surface area contributed by atoms with Crippen LogP contribution in [0.15, 0.2) is 87.8 Å². The molecular formula is C24H21N3S. The van der Waals surface area contributed by atoms with Crippen molar-refractivity contribution < 1.29 is 0 Å². The molecule has 1 aromatic heterocycles. The Kier molecular flexibility index (Phi) is 5.40. The van der Waals surface area contributed by atoms with E-state index >= 15 is 0 Å². The van der Waals surface area contributed by atoms with Crippen LogP contribution in [0.25, 0.3) is 20.2 Å². The zero-order valence-corrected chi connectivity index (χ0v) is 16.6. The first-order chi connectivity index (χ1) is 13.8. The van der Waals surface area contributed by atoms with E-state index in [-0.39, 0.29) is 0 Å². The molecule has 0 saturated heterocycles. The van der Waals surface area contributed by atoms with E-state index in [2.05, 4.69) is 66.3 Å². The number of nitrogens with zero attached hydrogens (tertiary/aromatic N) is 3. The van der Waals surface area contributed by atoms with E-state index in [1.165, 1.54) is 20.2 Å². The normalized spacial score (nSPS) is 12.6. The molecule has 4 heteroatoms. The van der Waals surface area contributed by atoms with Crippen LogP contribution in [0.3, 0.4) is 0 Å². The maximum atomic E-state index is 4.81. The number of hydrogen-bond donors (Lipinski definition) is 0. The van der Waals surface area contributed by atoms with Gasteiger partial charge in [-0.2, -0.15) is 0 Å². The van der Waals surface area contributed by atoms with Crippen LogP contribution < -0.4 is 0 Å². The number of aliphatic imine (C=N–C) groups is 3. The second kappa shape index (κ2) is 8.28. The number of thiophene rings is 1. The summed E-state index contributed by atoms with van der Waals surface area (Å²) in [6.07, 6.45) is 0.721. The van der Waals surface area contributed by atoms with Crippen LogP contribution in [-0.2, 0) is 6.54 Å². The first-order valence-electron chi connectivity index (χ1n) is 9.33. The third-order valence-electron chi connectivity index (χ3n) is 4.62. The average Bonchev–Trinajstić information content (AvgIpc) is 3.12. The summed E-state index contributed by atoms with van der Waals surface area (Å²) < 4.78 is 2.54. The van der Waals surface area contributed by atoms with Gasteiger partial charge < -0.3 is 0 Å². The Balaban J connectivity index is 1.79. The summed E-state index contributed by atoms with van der Waals surface area (Å²) in [7, 11) is 0. The fraction of sp³-hybridized carbons (Fsp3) is 0.125. The topological polar surface area (TPSA) is 37.1 Å². The number of hydrogen-bond acceptors (Lipinski definition) is 2. The Bertz CT molecular complexity index is 1190. The van der Waals surface area contributed by atoms with Crippen molar-refractivity contribution in [2.75, 3.05) is 0 Å². The summed E-state index contributed by atoms with van der Waals surface area (Å²) in [5, 5.41) is 2.57. The molecule has 0 bridgehead atoms. The molecule has 4 aromatic rings. The van der Waals surface area contributed by atoms with E-state index in [4.69, 9.17) is 9.98 Å². The smallest absolute Gasteiger partial charge is 0.157 e. The second-order valence-corrected chi connectivity index (χ2v) is 7.56. The van der Waals surface area contributed by atoms with Gasteiger partial charge in [0.15, 0.2) is 5.84 Å². The van der Waals surface area contributed by atoms with Gasteiger partial charge in [0.05, 0.1) is 6.54 Å². The van der Waals surface area contributed by atoms with Crippen molar-refractivity contribution in [1.29, 1.82) is 0 Å². The van der Waals surface area contributed by atoms with Crippen molar-refractivity contribution in [3.05, 3.63) is 83.9 Å². The van der Waals surface area contributed by atoms with E-state index < -0.39 is 0 Å². The molecule has 1 heterocycles. The van der Waals surface area contributed by atoms with Crippen LogP contribution in [-0.4, -0.2) is 18.4 Å². The van der Waals surface area contributed by atoms with Crippen molar-refractivity contribution in [3.8, 4) is 0 Å². The highest BCUT2D eigenvalue weighted by Crippen LogP contribution is 2.34. The molecule has 0 atom stereocenters. The quantitative estimate of drug-likeness (QED) is 0.284. The third kappa shape index (κ3) is 3.78. The highest BCUT2D eigenvalue weighted by atomic mass is 32.1. The minimum Gasteiger partial charge on any atom is -0.261 e. The van der Waals surface area contributed by atoms with Crippen LogP contribution >= 0.6 is 11.3 Å². The zero-order chi connectivity index (χ0) is 19.3. The van der Waals surface area contributed by atoms with Gasteiger partial charge in [0.1, 0.15) is 5.84 Å². The standard InChI is InChI=1S/C24H21N3S/c1-3-23(25-2)27-24(26-16-17-9-5-4-6-10-17)18-13-14-20-19-11-7-8-12-21(19)28-22(20)15-18/h4-15H,2-3,16H2,1H3. The lowest BCUT2D eigenvalue weighted by atomic mass is 10.1. The van der Waals surface area contributed by atoms with Gasteiger partial charge in [-0.25, -0.2) is 9.98 Å². The molecule has 3 nitrogen and oxygen atoms in total. The molecule has 4 rings (SSSR count). The Labute approximate surface area is 168 Å². The van der Waals surface area contributed by atoms with E-state index in [1.54, 1.807) is 11.3 Å². The van der Waals surface area contributed by atoms with Crippen molar-refractivity contribution in [2.45, 2.75) is 19.9 Å². The van der Waals surface area contributed by atoms with Gasteiger partial charge in [0, 0.05) is 32.2 Å². The molecule has 0 N–H and O–H groups in total. The molecule has 0 spiro atoms. The minimum absolute atomic E-state index is 0.582. The minimum atomic E-state index is 0.582. The summed E-state index contributed by atoms with van der Waals surface area (Å²) in [6, 6.07) is 25.2. The monoisotopic (exact) mass is 383 g/mol. The van der Waals surface area contributed by atoms with Crippen molar-refractivity contribution >= 4 is 49.9 Å². The molecular weight excluding hydrogens is 362 g/mol. The summed E-state index contributed by atoms with van der Waals surface area (Å²) >= 11 is 1.80. The average molecular weight is 384 g/mol. The van der Waals surface area contributed by atoms with Crippen molar-refractivity contribution in [2.24, 2.45) is 15.0 Å². The van der Waals surface area contributed by atoms with Gasteiger partial charge in [0.2, 0.25) is 0 Å². The van der Waals surface area contributed by atoms with Gasteiger partial charge in [-0.05, 0) is 24.4 Å². The molecule has 0 aliphatic rings.